The Morgan fingerprint density at radius 3 is 2.39 bits per heavy atom. The molecule has 1 fully saturated rings. The maximum absolute atomic E-state index is 13.2. The van der Waals surface area contributed by atoms with Crippen LogP contribution in [0.3, 0.4) is 0 Å². The number of hydrogen-bond donors (Lipinski definition) is 1. The molecule has 0 aliphatic heterocycles. The number of carbonyl (C=O) groups is 2. The molecule has 3 aromatic rings. The van der Waals surface area contributed by atoms with Gasteiger partial charge in [-0.15, -0.1) is 13.2 Å². The monoisotopic (exact) mass is 518 g/mol. The summed E-state index contributed by atoms with van der Waals surface area (Å²) in [5.41, 5.74) is 0.590. The fourth-order valence-corrected chi connectivity index (χ4v) is 4.06. The predicted molar refractivity (Wildman–Crippen MR) is 129 cm³/mol. The number of benzene rings is 2. The van der Waals surface area contributed by atoms with Gasteiger partial charge in [0.1, 0.15) is 11.8 Å². The Kier molecular flexibility index (Phi) is 7.21. The van der Waals surface area contributed by atoms with E-state index in [0.29, 0.717) is 23.6 Å². The quantitative estimate of drug-likeness (QED) is 0.358. The highest BCUT2D eigenvalue weighted by molar-refractivity contribution is 6.31. The number of aromatic nitrogens is 1. The summed E-state index contributed by atoms with van der Waals surface area (Å²) >= 11 is 5.98. The van der Waals surface area contributed by atoms with Gasteiger partial charge in [-0.05, 0) is 73.4 Å². The van der Waals surface area contributed by atoms with Crippen molar-refractivity contribution in [3.05, 3.63) is 81.7 Å². The molecule has 1 aliphatic rings. The van der Waals surface area contributed by atoms with Gasteiger partial charge in [-0.2, -0.15) is 0 Å². The third kappa shape index (κ3) is 6.34. The molecule has 1 aromatic heterocycles. The molecule has 1 heterocycles. The second-order valence-electron chi connectivity index (χ2n) is 8.67. The van der Waals surface area contributed by atoms with Crippen LogP contribution in [0.15, 0.2) is 65.6 Å². The molecule has 10 heteroatoms. The summed E-state index contributed by atoms with van der Waals surface area (Å²) in [5.74, 6) is -0.705. The number of rotatable bonds is 8. The lowest BCUT2D eigenvalue weighted by atomic mass is 10.0. The first-order valence-corrected chi connectivity index (χ1v) is 11.6. The molecule has 1 unspecified atom stereocenters. The first-order valence-electron chi connectivity index (χ1n) is 11.2. The summed E-state index contributed by atoms with van der Waals surface area (Å²) in [4.78, 5) is 37.7. The molecule has 0 bridgehead atoms. The van der Waals surface area contributed by atoms with Gasteiger partial charge < -0.3 is 14.6 Å². The highest BCUT2D eigenvalue weighted by atomic mass is 35.5. The molecule has 1 aliphatic carbocycles. The van der Waals surface area contributed by atoms with Crippen LogP contribution in [-0.2, 0) is 4.79 Å². The molecule has 0 saturated heterocycles. The maximum atomic E-state index is 13.2. The number of Topliss-reactive ketones (excluding diaryl/α,β-unsaturated/α-hetero) is 1. The summed E-state index contributed by atoms with van der Waals surface area (Å²) in [6, 6.07) is 11.8. The molecule has 188 valence electrons. The van der Waals surface area contributed by atoms with Gasteiger partial charge in [-0.25, -0.2) is 0 Å². The number of halogens is 4. The average Bonchev–Trinajstić information content (AvgIpc) is 3.62. The SMILES string of the molecule is CC(=O)c1ccc(NC(=O)C(CC2CC2)n2ccc(-c3cc(Cl)ccc3OC(F)(F)F)cc2=O)cc1. The zero-order valence-electron chi connectivity index (χ0n) is 19.1. The number of carbonyl (C=O) groups excluding carboxylic acids is 2. The van der Waals surface area contributed by atoms with Crippen molar-refractivity contribution in [1.82, 2.24) is 4.57 Å². The van der Waals surface area contributed by atoms with Crippen LogP contribution in [0.25, 0.3) is 11.1 Å². The van der Waals surface area contributed by atoms with Crippen LogP contribution in [-0.4, -0.2) is 22.6 Å². The van der Waals surface area contributed by atoms with Crippen LogP contribution in [0.2, 0.25) is 5.02 Å². The highest BCUT2D eigenvalue weighted by Gasteiger charge is 2.33. The number of ketones is 1. The van der Waals surface area contributed by atoms with E-state index in [1.54, 1.807) is 24.3 Å². The number of hydrogen-bond acceptors (Lipinski definition) is 4. The Morgan fingerprint density at radius 2 is 1.81 bits per heavy atom. The van der Waals surface area contributed by atoms with Gasteiger partial charge in [0.05, 0.1) is 0 Å². The van der Waals surface area contributed by atoms with Gasteiger partial charge in [0.25, 0.3) is 5.56 Å². The van der Waals surface area contributed by atoms with Crippen molar-refractivity contribution in [2.45, 2.75) is 38.6 Å². The summed E-state index contributed by atoms with van der Waals surface area (Å²) in [7, 11) is 0. The maximum Gasteiger partial charge on any atom is 0.573 e. The fourth-order valence-electron chi connectivity index (χ4n) is 3.89. The Labute approximate surface area is 209 Å². The third-order valence-corrected chi connectivity index (χ3v) is 6.11. The molecule has 1 N–H and O–H groups in total. The largest absolute Gasteiger partial charge is 0.573 e. The van der Waals surface area contributed by atoms with Crippen LogP contribution >= 0.6 is 11.6 Å². The van der Waals surface area contributed by atoms with Crippen molar-refractivity contribution in [2.75, 3.05) is 5.32 Å². The zero-order valence-corrected chi connectivity index (χ0v) is 19.9. The Balaban J connectivity index is 1.63. The number of amides is 1. The number of anilines is 1. The van der Waals surface area contributed by atoms with Crippen molar-refractivity contribution in [3.8, 4) is 16.9 Å². The van der Waals surface area contributed by atoms with Crippen molar-refractivity contribution < 1.29 is 27.5 Å². The summed E-state index contributed by atoms with van der Waals surface area (Å²) in [5, 5.41) is 2.95. The lowest BCUT2D eigenvalue weighted by molar-refractivity contribution is -0.274. The van der Waals surface area contributed by atoms with Crippen molar-refractivity contribution in [1.29, 1.82) is 0 Å². The van der Waals surface area contributed by atoms with Crippen LogP contribution in [0.4, 0.5) is 18.9 Å². The Bertz CT molecular complexity index is 1350. The smallest absolute Gasteiger partial charge is 0.405 e. The topological polar surface area (TPSA) is 77.4 Å². The lowest BCUT2D eigenvalue weighted by Gasteiger charge is -2.20. The molecular weight excluding hydrogens is 497 g/mol. The van der Waals surface area contributed by atoms with Crippen LogP contribution in [0.1, 0.15) is 42.6 Å². The Hall–Kier alpha value is -3.59. The number of alkyl halides is 3. The second kappa shape index (κ2) is 10.2. The lowest BCUT2D eigenvalue weighted by Crippen LogP contribution is -2.33. The minimum atomic E-state index is -4.92. The molecule has 2 aromatic carbocycles. The van der Waals surface area contributed by atoms with E-state index in [0.717, 1.165) is 25.0 Å². The third-order valence-electron chi connectivity index (χ3n) is 5.88. The summed E-state index contributed by atoms with van der Waals surface area (Å²) in [6.07, 6.45) is -1.19. The van der Waals surface area contributed by atoms with E-state index in [-0.39, 0.29) is 21.9 Å². The van der Waals surface area contributed by atoms with Crippen molar-refractivity contribution in [2.24, 2.45) is 5.92 Å². The van der Waals surface area contributed by atoms with Gasteiger partial charge in [-0.3, -0.25) is 14.4 Å². The first kappa shape index (κ1) is 25.5. The van der Waals surface area contributed by atoms with E-state index in [4.69, 9.17) is 11.6 Å². The predicted octanol–water partition coefficient (Wildman–Crippen LogP) is 6.25. The van der Waals surface area contributed by atoms with E-state index in [9.17, 15) is 27.6 Å². The van der Waals surface area contributed by atoms with Crippen LogP contribution in [0.5, 0.6) is 5.75 Å². The summed E-state index contributed by atoms with van der Waals surface area (Å²) < 4.78 is 44.0. The molecule has 4 rings (SSSR count). The summed E-state index contributed by atoms with van der Waals surface area (Å²) in [6.45, 7) is 1.44. The standard InChI is InChI=1S/C26H22ClF3N2O4/c1-15(33)17-4-7-20(8-5-17)31-25(35)22(12-16-2-3-16)32-11-10-18(13-24(32)34)21-14-19(27)6-9-23(21)36-26(28,29)30/h4-11,13-14,16,22H,2-3,12H2,1H3,(H,31,35). The first-order chi connectivity index (χ1) is 17.0. The molecule has 0 spiro atoms. The van der Waals surface area contributed by atoms with Gasteiger partial charge in [0.2, 0.25) is 5.91 Å². The van der Waals surface area contributed by atoms with Crippen LogP contribution < -0.4 is 15.6 Å². The van der Waals surface area contributed by atoms with E-state index in [1.807, 2.05) is 0 Å². The average molecular weight is 519 g/mol. The minimum Gasteiger partial charge on any atom is -0.405 e. The number of nitrogens with one attached hydrogen (secondary N) is 1. The molecule has 1 atom stereocenters. The molecular formula is C26H22ClF3N2O4. The number of pyridine rings is 1. The fraction of sp³-hybridized carbons (Fsp3) is 0.269. The highest BCUT2D eigenvalue weighted by Crippen LogP contribution is 2.38. The van der Waals surface area contributed by atoms with E-state index in [1.165, 1.54) is 35.9 Å². The molecule has 1 saturated carbocycles. The van der Waals surface area contributed by atoms with Crippen LogP contribution in [0, 0.1) is 5.92 Å². The number of nitrogens with zero attached hydrogens (tertiary/aromatic N) is 1. The van der Waals surface area contributed by atoms with Gasteiger partial charge >= 0.3 is 6.36 Å². The molecule has 6 nitrogen and oxygen atoms in total. The van der Waals surface area contributed by atoms with Gasteiger partial charge in [-0.1, -0.05) is 24.4 Å². The van der Waals surface area contributed by atoms with E-state index < -0.39 is 29.6 Å². The minimum absolute atomic E-state index is 0.00201. The normalized spacial score (nSPS) is 14.2. The molecule has 1 amide bonds. The van der Waals surface area contributed by atoms with E-state index in [2.05, 4.69) is 10.1 Å². The van der Waals surface area contributed by atoms with E-state index >= 15 is 0 Å². The zero-order chi connectivity index (χ0) is 26.0. The Morgan fingerprint density at radius 1 is 1.11 bits per heavy atom. The van der Waals surface area contributed by atoms with Crippen molar-refractivity contribution in [3.63, 3.8) is 0 Å². The molecule has 36 heavy (non-hydrogen) atoms. The van der Waals surface area contributed by atoms with Gasteiger partial charge in [0.15, 0.2) is 5.78 Å². The molecule has 0 radical (unpaired) electrons. The number of ether oxygens (including phenoxy) is 1. The second-order valence-corrected chi connectivity index (χ2v) is 9.10. The van der Waals surface area contributed by atoms with Crippen molar-refractivity contribution >= 4 is 29.0 Å². The van der Waals surface area contributed by atoms with Gasteiger partial charge in [0, 0.05) is 34.1 Å².